The van der Waals surface area contributed by atoms with Gasteiger partial charge in [0.25, 0.3) is 6.20 Å². The lowest BCUT2D eigenvalue weighted by Crippen LogP contribution is -2.32. The molecule has 36 heavy (non-hydrogen) atoms. The zero-order chi connectivity index (χ0) is 25.0. The van der Waals surface area contributed by atoms with Gasteiger partial charge in [-0.1, -0.05) is 23.7 Å². The number of nitrogen functional groups attached to an aromatic ring is 1. The Kier molecular flexibility index (Phi) is 5.42. The third-order valence-corrected chi connectivity index (χ3v) is 7.20. The average molecular weight is 524 g/mol. The quantitative estimate of drug-likeness (QED) is 0.194. The van der Waals surface area contributed by atoms with E-state index in [0.29, 0.717) is 26.5 Å². The van der Waals surface area contributed by atoms with Gasteiger partial charge >= 0.3 is 5.88 Å². The standard InChI is InChI=1S/C25H16ClF2N5O2S/c26-13-3-1-12(2-4-13)19-10-17(16-8-5-14(27)9-18(16)28)21-22(29)23(36-25(21)30-19)24(34)31-20-11-33(32-35-20)15-6-7-15/h1-5,8-11,15H,6-7H2,(H2-,29,31,32,34). The third kappa shape index (κ3) is 4.08. The van der Waals surface area contributed by atoms with E-state index in [0.717, 1.165) is 41.9 Å². The molecule has 2 N–H and O–H groups in total. The highest BCUT2D eigenvalue weighted by Gasteiger charge is 2.35. The fraction of sp³-hybridized carbons (Fsp3) is 0.120. The van der Waals surface area contributed by atoms with Crippen LogP contribution in [0.15, 0.2) is 64.2 Å². The number of nitrogens with zero attached hydrogens (tertiary/aromatic N) is 4. The fourth-order valence-corrected chi connectivity index (χ4v) is 5.06. The molecule has 2 aromatic carbocycles. The van der Waals surface area contributed by atoms with Crippen molar-refractivity contribution in [1.29, 1.82) is 0 Å². The van der Waals surface area contributed by atoms with Gasteiger partial charge < -0.3 is 10.8 Å². The van der Waals surface area contributed by atoms with Crippen molar-refractivity contribution < 1.29 is 23.1 Å². The van der Waals surface area contributed by atoms with E-state index in [9.17, 15) is 13.9 Å². The Morgan fingerprint density at radius 1 is 1.14 bits per heavy atom. The summed E-state index contributed by atoms with van der Waals surface area (Å²) in [6.07, 6.45) is 3.56. The lowest BCUT2D eigenvalue weighted by Gasteiger charge is -2.11. The maximum Gasteiger partial charge on any atom is 0.320 e. The minimum Gasteiger partial charge on any atom is -0.857 e. The Bertz CT molecular complexity index is 1660. The van der Waals surface area contributed by atoms with E-state index >= 15 is 0 Å². The first-order valence-electron chi connectivity index (χ1n) is 11.0. The number of hydrogen-bond acceptors (Lipinski definition) is 7. The largest absolute Gasteiger partial charge is 0.857 e. The first-order valence-corrected chi connectivity index (χ1v) is 12.2. The van der Waals surface area contributed by atoms with Gasteiger partial charge in [-0.15, -0.1) is 11.3 Å². The van der Waals surface area contributed by atoms with Gasteiger partial charge in [0.1, 0.15) is 16.5 Å². The van der Waals surface area contributed by atoms with Crippen molar-refractivity contribution in [1.82, 2.24) is 10.3 Å². The molecule has 1 aliphatic rings. The van der Waals surface area contributed by atoms with Gasteiger partial charge in [0, 0.05) is 46.3 Å². The molecule has 0 unspecified atom stereocenters. The number of aliphatic imine (C=N–C) groups is 1. The highest BCUT2D eigenvalue weighted by molar-refractivity contribution is 7.21. The van der Waals surface area contributed by atoms with E-state index in [2.05, 4.69) is 15.2 Å². The lowest BCUT2D eigenvalue weighted by atomic mass is 9.99. The number of rotatable bonds is 5. The van der Waals surface area contributed by atoms with E-state index in [1.807, 2.05) is 0 Å². The molecule has 7 nitrogen and oxygen atoms in total. The van der Waals surface area contributed by atoms with Gasteiger partial charge in [0.15, 0.2) is 6.04 Å². The minimum atomic E-state index is -0.765. The zero-order valence-corrected chi connectivity index (χ0v) is 20.0. The molecule has 180 valence electrons. The van der Waals surface area contributed by atoms with Gasteiger partial charge in [-0.05, 0) is 40.6 Å². The van der Waals surface area contributed by atoms with Crippen LogP contribution in [0, 0.1) is 11.6 Å². The molecule has 0 amide bonds. The molecule has 1 aliphatic carbocycles. The Morgan fingerprint density at radius 2 is 1.92 bits per heavy atom. The molecule has 0 aliphatic heterocycles. The van der Waals surface area contributed by atoms with Crippen LogP contribution in [0.4, 0.5) is 20.4 Å². The molecule has 0 atom stereocenters. The van der Waals surface area contributed by atoms with Crippen molar-refractivity contribution in [3.05, 3.63) is 76.3 Å². The molecule has 11 heteroatoms. The Balaban J connectivity index is 1.53. The molecule has 5 aromatic rings. The predicted octanol–water partition coefficient (Wildman–Crippen LogP) is 5.19. The maximum absolute atomic E-state index is 14.9. The van der Waals surface area contributed by atoms with Crippen LogP contribution in [0.1, 0.15) is 23.8 Å². The molecule has 0 saturated heterocycles. The Morgan fingerprint density at radius 3 is 2.64 bits per heavy atom. The molecule has 0 spiro atoms. The first-order chi connectivity index (χ1) is 17.4. The summed E-state index contributed by atoms with van der Waals surface area (Å²) in [5, 5.41) is 17.9. The number of fused-ring (bicyclic) bond motifs is 1. The molecule has 0 bridgehead atoms. The summed E-state index contributed by atoms with van der Waals surface area (Å²) >= 11 is 7.06. The second kappa shape index (κ2) is 8.65. The van der Waals surface area contributed by atoms with Gasteiger partial charge in [0.05, 0.1) is 16.3 Å². The minimum absolute atomic E-state index is 0.0587. The zero-order valence-electron chi connectivity index (χ0n) is 18.4. The van der Waals surface area contributed by atoms with Gasteiger partial charge in [-0.2, -0.15) is 0 Å². The number of pyridine rings is 1. The van der Waals surface area contributed by atoms with E-state index in [-0.39, 0.29) is 28.1 Å². The lowest BCUT2D eigenvalue weighted by molar-refractivity contribution is -0.765. The summed E-state index contributed by atoms with van der Waals surface area (Å²) < 4.78 is 35.3. The summed E-state index contributed by atoms with van der Waals surface area (Å²) in [5.74, 6) is -2.04. The topological polar surface area (TPSA) is 104 Å². The number of halogens is 3. The van der Waals surface area contributed by atoms with Crippen LogP contribution >= 0.6 is 22.9 Å². The number of benzene rings is 2. The molecule has 3 aromatic heterocycles. The molecular weight excluding hydrogens is 508 g/mol. The van der Waals surface area contributed by atoms with Gasteiger partial charge in [-0.25, -0.2) is 18.8 Å². The second-order valence-corrected chi connectivity index (χ2v) is 9.82. The van der Waals surface area contributed by atoms with Crippen LogP contribution in [-0.4, -0.2) is 16.2 Å². The van der Waals surface area contributed by atoms with Crippen molar-refractivity contribution in [2.45, 2.75) is 18.9 Å². The van der Waals surface area contributed by atoms with Crippen LogP contribution in [0.2, 0.25) is 5.02 Å². The summed E-state index contributed by atoms with van der Waals surface area (Å²) in [6, 6.07) is 12.2. The predicted molar refractivity (Wildman–Crippen MR) is 131 cm³/mol. The van der Waals surface area contributed by atoms with Crippen molar-refractivity contribution in [2.24, 2.45) is 4.99 Å². The monoisotopic (exact) mass is 523 g/mol. The summed E-state index contributed by atoms with van der Waals surface area (Å²) in [6.45, 7) is 0. The number of aromatic nitrogens is 3. The van der Waals surface area contributed by atoms with E-state index in [4.69, 9.17) is 21.9 Å². The Hall–Kier alpha value is -3.89. The van der Waals surface area contributed by atoms with Crippen molar-refractivity contribution in [3.63, 3.8) is 0 Å². The van der Waals surface area contributed by atoms with Gasteiger partial charge in [-0.3, -0.25) is 4.52 Å². The van der Waals surface area contributed by atoms with Crippen LogP contribution in [0.5, 0.6) is 0 Å². The normalized spacial score (nSPS) is 14.0. The van der Waals surface area contributed by atoms with Crippen molar-refractivity contribution in [2.75, 3.05) is 5.73 Å². The second-order valence-electron chi connectivity index (χ2n) is 8.38. The van der Waals surface area contributed by atoms with E-state index in [1.165, 1.54) is 6.07 Å². The summed E-state index contributed by atoms with van der Waals surface area (Å²) in [4.78, 5) is 9.23. The van der Waals surface area contributed by atoms with Crippen molar-refractivity contribution in [3.8, 4) is 22.4 Å². The molecular formula is C25H16ClF2N5O2S. The smallest absolute Gasteiger partial charge is 0.320 e. The van der Waals surface area contributed by atoms with Crippen LogP contribution in [-0.2, 0) is 0 Å². The summed E-state index contributed by atoms with van der Waals surface area (Å²) in [7, 11) is 0. The van der Waals surface area contributed by atoms with Crippen LogP contribution < -0.4 is 15.5 Å². The van der Waals surface area contributed by atoms with Crippen LogP contribution in [0.3, 0.4) is 0 Å². The van der Waals surface area contributed by atoms with E-state index in [1.54, 1.807) is 41.2 Å². The van der Waals surface area contributed by atoms with Crippen LogP contribution in [0.25, 0.3) is 32.6 Å². The molecule has 0 radical (unpaired) electrons. The molecule has 3 heterocycles. The third-order valence-electron chi connectivity index (χ3n) is 5.86. The molecule has 6 rings (SSSR count). The highest BCUT2D eigenvalue weighted by Crippen LogP contribution is 2.42. The summed E-state index contributed by atoms with van der Waals surface area (Å²) in [5.41, 5.74) is 8.25. The fourth-order valence-electron chi connectivity index (χ4n) is 3.93. The van der Waals surface area contributed by atoms with E-state index < -0.39 is 17.5 Å². The Labute approximate surface area is 212 Å². The molecule has 1 fully saturated rings. The average Bonchev–Trinajstić information content (AvgIpc) is 3.51. The number of thiophene rings is 1. The first kappa shape index (κ1) is 22.6. The van der Waals surface area contributed by atoms with Gasteiger partial charge in [0.2, 0.25) is 5.27 Å². The highest BCUT2D eigenvalue weighted by atomic mass is 35.5. The number of nitrogens with two attached hydrogens (primary N) is 1. The molecule has 1 saturated carbocycles. The van der Waals surface area contributed by atoms with Crippen molar-refractivity contribution >= 4 is 50.6 Å². The number of anilines is 1. The maximum atomic E-state index is 14.9. The SMILES string of the molecule is Nc1c(/C([O-])=N\c2c[n+](C3CC3)no2)sc2nc(-c3ccc(Cl)cc3)cc(-c3ccc(F)cc3F)c12. The number of hydrogen-bond donors (Lipinski definition) is 1.